The van der Waals surface area contributed by atoms with E-state index in [2.05, 4.69) is 18.7 Å². The second-order valence-electron chi connectivity index (χ2n) is 6.47. The normalized spacial score (nSPS) is 11.6. The lowest BCUT2D eigenvalue weighted by Gasteiger charge is -2.20. The first kappa shape index (κ1) is 18.7. The Hall–Kier alpha value is -2.05. The average molecular weight is 373 g/mol. The van der Waals surface area contributed by atoms with Crippen molar-refractivity contribution in [3.63, 3.8) is 0 Å². The molecule has 0 saturated heterocycles. The summed E-state index contributed by atoms with van der Waals surface area (Å²) in [7, 11) is 0. The summed E-state index contributed by atoms with van der Waals surface area (Å²) in [6.45, 7) is 11.0. The third-order valence-corrected chi connectivity index (χ3v) is 5.98. The number of rotatable bonds is 6. The van der Waals surface area contributed by atoms with Gasteiger partial charge in [-0.25, -0.2) is 9.37 Å². The molecule has 0 saturated carbocycles. The van der Waals surface area contributed by atoms with Gasteiger partial charge in [0.05, 0.1) is 18.5 Å². The minimum absolute atomic E-state index is 0.0108. The Morgan fingerprint density at radius 1 is 1.15 bits per heavy atom. The quantitative estimate of drug-likeness (QED) is 0.653. The fourth-order valence-electron chi connectivity index (χ4n) is 3.07. The fourth-order valence-corrected chi connectivity index (χ4v) is 4.11. The van der Waals surface area contributed by atoms with Crippen molar-refractivity contribution in [1.82, 2.24) is 14.5 Å². The number of nitrogens with zero attached hydrogens (tertiary/aromatic N) is 3. The van der Waals surface area contributed by atoms with Gasteiger partial charge in [0.15, 0.2) is 0 Å². The predicted octanol–water partition coefficient (Wildman–Crippen LogP) is 4.10. The fraction of sp³-hybridized carbons (Fsp3) is 0.400. The van der Waals surface area contributed by atoms with Gasteiger partial charge in [0.25, 0.3) is 5.56 Å². The van der Waals surface area contributed by atoms with Gasteiger partial charge in [-0.15, -0.1) is 11.3 Å². The summed E-state index contributed by atoms with van der Waals surface area (Å²) >= 11 is 1.57. The molecule has 1 aromatic carbocycles. The van der Waals surface area contributed by atoms with Crippen LogP contribution >= 0.6 is 11.3 Å². The Kier molecular flexibility index (Phi) is 5.53. The van der Waals surface area contributed by atoms with E-state index in [0.717, 1.165) is 39.7 Å². The summed E-state index contributed by atoms with van der Waals surface area (Å²) in [6, 6.07) is 6.30. The van der Waals surface area contributed by atoms with Crippen molar-refractivity contribution >= 4 is 21.6 Å². The van der Waals surface area contributed by atoms with Gasteiger partial charge in [-0.2, -0.15) is 0 Å². The van der Waals surface area contributed by atoms with Crippen LogP contribution in [0.4, 0.5) is 4.39 Å². The van der Waals surface area contributed by atoms with Crippen LogP contribution < -0.4 is 5.56 Å². The predicted molar refractivity (Wildman–Crippen MR) is 105 cm³/mol. The SMILES string of the molecule is CCN(CC)Cc1nc2sc(C)c(C)c2c(=O)n1Cc1ccc(F)cc1. The van der Waals surface area contributed by atoms with Crippen molar-refractivity contribution < 1.29 is 4.39 Å². The third-order valence-electron chi connectivity index (χ3n) is 4.88. The first-order chi connectivity index (χ1) is 12.4. The van der Waals surface area contributed by atoms with E-state index >= 15 is 0 Å². The Morgan fingerprint density at radius 2 is 1.81 bits per heavy atom. The second-order valence-corrected chi connectivity index (χ2v) is 7.67. The van der Waals surface area contributed by atoms with Gasteiger partial charge >= 0.3 is 0 Å². The number of thiophene rings is 1. The van der Waals surface area contributed by atoms with Gasteiger partial charge in [-0.1, -0.05) is 26.0 Å². The highest BCUT2D eigenvalue weighted by molar-refractivity contribution is 7.18. The summed E-state index contributed by atoms with van der Waals surface area (Å²) in [5, 5.41) is 0.706. The standard InChI is InChI=1S/C20H24FN3OS/c1-5-23(6-2)12-17-22-19-18(13(3)14(4)26-19)20(25)24(17)11-15-7-9-16(21)10-8-15/h7-10H,5-6,11-12H2,1-4H3. The summed E-state index contributed by atoms with van der Waals surface area (Å²) in [5.74, 6) is 0.485. The Morgan fingerprint density at radius 3 is 2.42 bits per heavy atom. The molecule has 0 aliphatic carbocycles. The molecule has 6 heteroatoms. The molecule has 2 heterocycles. The maximum Gasteiger partial charge on any atom is 0.262 e. The minimum atomic E-state index is -0.276. The van der Waals surface area contributed by atoms with E-state index in [1.54, 1.807) is 28.0 Å². The number of benzene rings is 1. The maximum absolute atomic E-state index is 13.2. The number of hydrogen-bond acceptors (Lipinski definition) is 4. The number of hydrogen-bond donors (Lipinski definition) is 0. The minimum Gasteiger partial charge on any atom is -0.297 e. The van der Waals surface area contributed by atoms with E-state index < -0.39 is 0 Å². The molecule has 3 aromatic rings. The van der Waals surface area contributed by atoms with Crippen LogP contribution in [0.3, 0.4) is 0 Å². The van der Waals surface area contributed by atoms with Crippen molar-refractivity contribution in [2.45, 2.75) is 40.8 Å². The molecule has 26 heavy (non-hydrogen) atoms. The molecule has 138 valence electrons. The van der Waals surface area contributed by atoms with Crippen LogP contribution in [-0.2, 0) is 13.1 Å². The number of fused-ring (bicyclic) bond motifs is 1. The van der Waals surface area contributed by atoms with E-state index in [4.69, 9.17) is 4.98 Å². The molecular formula is C20H24FN3OS. The maximum atomic E-state index is 13.2. The van der Waals surface area contributed by atoms with E-state index in [-0.39, 0.29) is 11.4 Å². The topological polar surface area (TPSA) is 38.1 Å². The molecule has 0 aliphatic heterocycles. The average Bonchev–Trinajstić information content (AvgIpc) is 2.91. The van der Waals surface area contributed by atoms with Crippen molar-refractivity contribution in [3.05, 3.63) is 62.3 Å². The molecule has 0 N–H and O–H groups in total. The van der Waals surface area contributed by atoms with Crippen molar-refractivity contribution in [2.75, 3.05) is 13.1 Å². The third kappa shape index (κ3) is 3.57. The number of aryl methyl sites for hydroxylation is 2. The summed E-state index contributed by atoms with van der Waals surface area (Å²) in [6.07, 6.45) is 0. The van der Waals surface area contributed by atoms with Crippen LogP contribution in [0.15, 0.2) is 29.1 Å². The summed E-state index contributed by atoms with van der Waals surface area (Å²) in [4.78, 5) is 22.3. The molecule has 0 radical (unpaired) electrons. The van der Waals surface area contributed by atoms with Crippen LogP contribution in [0.25, 0.3) is 10.2 Å². The molecular weight excluding hydrogens is 349 g/mol. The molecule has 0 spiro atoms. The molecule has 0 bridgehead atoms. The van der Waals surface area contributed by atoms with Crippen LogP contribution in [0, 0.1) is 19.7 Å². The van der Waals surface area contributed by atoms with E-state index in [0.29, 0.717) is 18.5 Å². The lowest BCUT2D eigenvalue weighted by molar-refractivity contribution is 0.282. The highest BCUT2D eigenvalue weighted by Gasteiger charge is 2.18. The van der Waals surface area contributed by atoms with Gasteiger partial charge in [0.1, 0.15) is 16.5 Å². The van der Waals surface area contributed by atoms with E-state index in [1.807, 2.05) is 13.8 Å². The van der Waals surface area contributed by atoms with Gasteiger partial charge in [-0.3, -0.25) is 14.3 Å². The Labute approximate surface area is 156 Å². The zero-order chi connectivity index (χ0) is 18.8. The second kappa shape index (κ2) is 7.68. The van der Waals surface area contributed by atoms with Crippen molar-refractivity contribution in [2.24, 2.45) is 0 Å². The first-order valence-electron chi connectivity index (χ1n) is 8.90. The molecule has 4 nitrogen and oxygen atoms in total. The van der Waals surface area contributed by atoms with Crippen molar-refractivity contribution in [1.29, 1.82) is 0 Å². The first-order valence-corrected chi connectivity index (χ1v) is 9.72. The lowest BCUT2D eigenvalue weighted by Crippen LogP contribution is -2.31. The van der Waals surface area contributed by atoms with Gasteiger partial charge in [-0.05, 0) is 50.2 Å². The summed E-state index contributed by atoms with van der Waals surface area (Å²) < 4.78 is 15.0. The zero-order valence-corrected chi connectivity index (χ0v) is 16.5. The van der Waals surface area contributed by atoms with Gasteiger partial charge in [0.2, 0.25) is 0 Å². The van der Waals surface area contributed by atoms with Crippen LogP contribution in [0.5, 0.6) is 0 Å². The Balaban J connectivity index is 2.15. The zero-order valence-electron chi connectivity index (χ0n) is 15.7. The number of halogens is 1. The molecule has 0 unspecified atom stereocenters. The van der Waals surface area contributed by atoms with E-state index in [1.165, 1.54) is 12.1 Å². The highest BCUT2D eigenvalue weighted by atomic mass is 32.1. The molecule has 0 amide bonds. The van der Waals surface area contributed by atoms with Crippen LogP contribution in [0.2, 0.25) is 0 Å². The smallest absolute Gasteiger partial charge is 0.262 e. The van der Waals surface area contributed by atoms with Gasteiger partial charge < -0.3 is 0 Å². The molecule has 0 atom stereocenters. The summed E-state index contributed by atoms with van der Waals surface area (Å²) in [5.41, 5.74) is 1.88. The van der Waals surface area contributed by atoms with E-state index in [9.17, 15) is 9.18 Å². The highest BCUT2D eigenvalue weighted by Crippen LogP contribution is 2.26. The van der Waals surface area contributed by atoms with Crippen LogP contribution in [-0.4, -0.2) is 27.5 Å². The van der Waals surface area contributed by atoms with Crippen molar-refractivity contribution in [3.8, 4) is 0 Å². The monoisotopic (exact) mass is 373 g/mol. The lowest BCUT2D eigenvalue weighted by atomic mass is 10.2. The van der Waals surface area contributed by atoms with Crippen LogP contribution in [0.1, 0.15) is 35.7 Å². The molecule has 2 aromatic heterocycles. The molecule has 0 aliphatic rings. The van der Waals surface area contributed by atoms with Gasteiger partial charge in [0, 0.05) is 4.88 Å². The number of aromatic nitrogens is 2. The molecule has 3 rings (SSSR count). The molecule has 0 fully saturated rings. The Bertz CT molecular complexity index is 971. The largest absolute Gasteiger partial charge is 0.297 e.